The fourth-order valence-electron chi connectivity index (χ4n) is 5.14. The Bertz CT molecular complexity index is 702. The number of hydrogen-bond donors (Lipinski definition) is 0. The van der Waals surface area contributed by atoms with Crippen LogP contribution in [0.15, 0.2) is 24.3 Å². The van der Waals surface area contributed by atoms with Crippen LogP contribution in [0, 0.1) is 0 Å². The Kier molecular flexibility index (Phi) is 17.1. The van der Waals surface area contributed by atoms with Crippen molar-refractivity contribution in [2.75, 3.05) is 6.61 Å². The molecule has 0 aromatic rings. The lowest BCUT2D eigenvalue weighted by atomic mass is 10.1. The zero-order chi connectivity index (χ0) is 28.5. The molecule has 1 aliphatic rings. The van der Waals surface area contributed by atoms with Crippen LogP contribution < -0.4 is 0 Å². The number of carbonyl (C=O) groups is 1. The number of hydrogen-bond acceptors (Lipinski definition) is 6. The second-order valence-corrected chi connectivity index (χ2v) is 26.5. The average Bonchev–Trinajstić information content (AvgIpc) is 2.76. The molecule has 0 aliphatic carbocycles. The van der Waals surface area contributed by atoms with E-state index in [-0.39, 0.29) is 5.97 Å². The summed E-state index contributed by atoms with van der Waals surface area (Å²) < 4.78 is 31.5. The summed E-state index contributed by atoms with van der Waals surface area (Å²) in [5.74, 6) is -0.0918. The van der Waals surface area contributed by atoms with Crippen molar-refractivity contribution in [2.24, 2.45) is 0 Å². The van der Waals surface area contributed by atoms with Crippen molar-refractivity contribution in [3.05, 3.63) is 24.3 Å². The molecular formula is C28H58O6Si4. The van der Waals surface area contributed by atoms with E-state index < -0.39 is 34.2 Å². The lowest BCUT2D eigenvalue weighted by Gasteiger charge is -2.47. The van der Waals surface area contributed by atoms with Crippen LogP contribution >= 0.6 is 0 Å². The molecule has 0 saturated carbocycles. The first-order chi connectivity index (χ1) is 17.8. The van der Waals surface area contributed by atoms with Crippen molar-refractivity contribution in [3.8, 4) is 0 Å². The van der Waals surface area contributed by atoms with Crippen LogP contribution in [0.1, 0.15) is 90.4 Å². The van der Waals surface area contributed by atoms with E-state index in [1.165, 1.54) is 44.9 Å². The fraction of sp³-hybridized carbons (Fsp3) is 0.821. The summed E-state index contributed by atoms with van der Waals surface area (Å²) in [6, 6.07) is 0.769. The van der Waals surface area contributed by atoms with Gasteiger partial charge in [-0.1, -0.05) is 63.3 Å². The Balaban J connectivity index is 2.13. The summed E-state index contributed by atoms with van der Waals surface area (Å²) >= 11 is 0. The van der Waals surface area contributed by atoms with Crippen molar-refractivity contribution in [1.82, 2.24) is 0 Å². The predicted molar refractivity (Wildman–Crippen MR) is 168 cm³/mol. The first-order valence-corrected chi connectivity index (χ1v) is 26.0. The molecule has 0 spiro atoms. The van der Waals surface area contributed by atoms with Gasteiger partial charge in [-0.15, -0.1) is 0 Å². The van der Waals surface area contributed by atoms with Crippen molar-refractivity contribution in [2.45, 2.75) is 142 Å². The Morgan fingerprint density at radius 1 is 0.632 bits per heavy atom. The van der Waals surface area contributed by atoms with Crippen LogP contribution in [0.2, 0.25) is 51.9 Å². The van der Waals surface area contributed by atoms with Gasteiger partial charge in [0.2, 0.25) is 0 Å². The van der Waals surface area contributed by atoms with Crippen LogP contribution in [-0.2, 0) is 26.0 Å². The third-order valence-corrected chi connectivity index (χ3v) is 22.8. The summed E-state index contributed by atoms with van der Waals surface area (Å²) in [5.41, 5.74) is 0. The number of unbranched alkanes of at least 4 members (excludes halogenated alkanes) is 8. The second kappa shape index (κ2) is 18.2. The molecule has 1 aliphatic heterocycles. The van der Waals surface area contributed by atoms with Gasteiger partial charge in [-0.2, -0.15) is 0 Å². The highest BCUT2D eigenvalue weighted by Crippen LogP contribution is 2.33. The van der Waals surface area contributed by atoms with Gasteiger partial charge >= 0.3 is 40.2 Å². The largest absolute Gasteiger partial charge is 0.466 e. The molecule has 0 unspecified atom stereocenters. The van der Waals surface area contributed by atoms with Crippen molar-refractivity contribution >= 4 is 40.2 Å². The van der Waals surface area contributed by atoms with Crippen LogP contribution in [0.3, 0.4) is 0 Å². The van der Waals surface area contributed by atoms with Crippen LogP contribution in [-0.4, -0.2) is 46.8 Å². The maximum absolute atomic E-state index is 12.2. The maximum Gasteiger partial charge on any atom is 0.317 e. The smallest absolute Gasteiger partial charge is 0.317 e. The molecule has 1 saturated heterocycles. The van der Waals surface area contributed by atoms with Gasteiger partial charge in [0.05, 0.1) is 6.61 Å². The van der Waals surface area contributed by atoms with Gasteiger partial charge in [0.15, 0.2) is 0 Å². The SMILES string of the molecule is CCCCCC=CCC=CCCCCCCCC(=O)OCCC[Si]1(C)O[Si](C)(C)O[Si](C)(C)O[Si](C)(C)O1. The highest BCUT2D eigenvalue weighted by molar-refractivity contribution is 6.93. The molecule has 0 aromatic carbocycles. The molecule has 0 bridgehead atoms. The molecular weight excluding hydrogens is 545 g/mol. The van der Waals surface area contributed by atoms with Gasteiger partial charge in [-0.05, 0) is 96.8 Å². The van der Waals surface area contributed by atoms with E-state index >= 15 is 0 Å². The lowest BCUT2D eigenvalue weighted by Crippen LogP contribution is -2.65. The van der Waals surface area contributed by atoms with E-state index in [0.717, 1.165) is 38.1 Å². The maximum atomic E-state index is 12.2. The minimum atomic E-state index is -2.49. The third-order valence-electron chi connectivity index (χ3n) is 6.28. The Morgan fingerprint density at radius 2 is 1.13 bits per heavy atom. The third kappa shape index (κ3) is 18.1. The fourth-order valence-corrected chi connectivity index (χ4v) is 26.7. The van der Waals surface area contributed by atoms with Crippen molar-refractivity contribution in [3.63, 3.8) is 0 Å². The van der Waals surface area contributed by atoms with E-state index in [4.69, 9.17) is 21.2 Å². The number of ether oxygens (including phenoxy) is 1. The summed E-state index contributed by atoms with van der Waals surface area (Å²) in [6.45, 7) is 17.2. The van der Waals surface area contributed by atoms with Gasteiger partial charge < -0.3 is 21.2 Å². The summed E-state index contributed by atoms with van der Waals surface area (Å²) in [7, 11) is -9.48. The lowest BCUT2D eigenvalue weighted by molar-refractivity contribution is -0.143. The van der Waals surface area contributed by atoms with Gasteiger partial charge in [0.1, 0.15) is 0 Å². The topological polar surface area (TPSA) is 63.2 Å². The van der Waals surface area contributed by atoms with Crippen molar-refractivity contribution in [1.29, 1.82) is 0 Å². The molecule has 38 heavy (non-hydrogen) atoms. The highest BCUT2D eigenvalue weighted by atomic mass is 28.5. The van der Waals surface area contributed by atoms with E-state index in [9.17, 15) is 4.79 Å². The zero-order valence-electron chi connectivity index (χ0n) is 25.9. The molecule has 222 valence electrons. The number of allylic oxidation sites excluding steroid dienone is 4. The minimum absolute atomic E-state index is 0.0918. The highest BCUT2D eigenvalue weighted by Gasteiger charge is 2.52. The van der Waals surface area contributed by atoms with Crippen LogP contribution in [0.5, 0.6) is 0 Å². The molecule has 0 radical (unpaired) electrons. The van der Waals surface area contributed by atoms with E-state index in [0.29, 0.717) is 13.0 Å². The molecule has 1 rings (SSSR count). The first-order valence-electron chi connectivity index (χ1n) is 15.0. The molecule has 0 amide bonds. The van der Waals surface area contributed by atoms with Gasteiger partial charge in [0.25, 0.3) is 0 Å². The quantitative estimate of drug-likeness (QED) is 0.0675. The molecule has 0 atom stereocenters. The van der Waals surface area contributed by atoms with E-state index in [1.807, 2.05) is 0 Å². The van der Waals surface area contributed by atoms with E-state index in [2.05, 4.69) is 77.1 Å². The van der Waals surface area contributed by atoms with Crippen LogP contribution in [0.4, 0.5) is 0 Å². The minimum Gasteiger partial charge on any atom is -0.466 e. The van der Waals surface area contributed by atoms with Crippen molar-refractivity contribution < 1.29 is 26.0 Å². The van der Waals surface area contributed by atoms with Crippen LogP contribution in [0.25, 0.3) is 0 Å². The van der Waals surface area contributed by atoms with E-state index in [1.54, 1.807) is 0 Å². The molecule has 1 heterocycles. The normalized spacial score (nSPS) is 20.4. The monoisotopic (exact) mass is 602 g/mol. The van der Waals surface area contributed by atoms with Gasteiger partial charge in [-0.3, -0.25) is 4.79 Å². The standard InChI is InChI=1S/C28H58O6Si4/c1-9-10-11-12-13-14-15-16-17-18-19-20-21-22-23-25-28(29)30-26-24-27-38(8)33-36(4,5)31-35(2,3)32-37(6,7)34-38/h13-14,16-17H,9-12,15,18-27H2,1-8H3. The predicted octanol–water partition coefficient (Wildman–Crippen LogP) is 8.99. The summed E-state index contributed by atoms with van der Waals surface area (Å²) in [5, 5.41) is 0. The Labute approximate surface area is 238 Å². The molecule has 6 nitrogen and oxygen atoms in total. The molecule has 0 aromatic heterocycles. The molecule has 1 fully saturated rings. The summed E-state index contributed by atoms with van der Waals surface area (Å²) in [4.78, 5) is 12.2. The second-order valence-electron chi connectivity index (χ2n) is 12.0. The average molecular weight is 603 g/mol. The zero-order valence-corrected chi connectivity index (χ0v) is 29.9. The Hall–Kier alpha value is -0.342. The number of carbonyl (C=O) groups excluding carboxylic acids is 1. The Morgan fingerprint density at radius 3 is 1.71 bits per heavy atom. The van der Waals surface area contributed by atoms with Gasteiger partial charge in [0, 0.05) is 6.42 Å². The number of esters is 1. The number of rotatable bonds is 18. The molecule has 0 N–H and O–H groups in total. The summed E-state index contributed by atoms with van der Waals surface area (Å²) in [6.07, 6.45) is 23.4. The first kappa shape index (κ1) is 35.7. The molecule has 10 heteroatoms. The van der Waals surface area contributed by atoms with Gasteiger partial charge in [-0.25, -0.2) is 0 Å².